The summed E-state index contributed by atoms with van der Waals surface area (Å²) in [5.41, 5.74) is -0.979. The van der Waals surface area contributed by atoms with Crippen molar-refractivity contribution < 1.29 is 24.1 Å². The lowest BCUT2D eigenvalue weighted by atomic mass is 9.91. The van der Waals surface area contributed by atoms with E-state index >= 15 is 0 Å². The van der Waals surface area contributed by atoms with Crippen LogP contribution in [0.1, 0.15) is 0 Å². The van der Waals surface area contributed by atoms with Crippen LogP contribution in [0.15, 0.2) is 0 Å². The molecule has 0 aliphatic carbocycles. The molecule has 6 heteroatoms. The average Bonchev–Trinajstić information content (AvgIpc) is 2.54. The molecule has 5 nitrogen and oxygen atoms in total. The van der Waals surface area contributed by atoms with Crippen molar-refractivity contribution >= 4 is 7.85 Å². The minimum absolute atomic E-state index is 0.191. The Balaban J connectivity index is 2.25. The van der Waals surface area contributed by atoms with Gasteiger partial charge in [0.1, 0.15) is 20.1 Å². The van der Waals surface area contributed by atoms with E-state index in [9.17, 15) is 5.11 Å². The molecule has 2 heterocycles. The molecule has 0 aromatic heterocycles. The van der Waals surface area contributed by atoms with Gasteiger partial charge in [-0.1, -0.05) is 0 Å². The van der Waals surface area contributed by atoms with Crippen LogP contribution in [0.4, 0.5) is 0 Å². The highest BCUT2D eigenvalue weighted by molar-refractivity contribution is 6.11. The van der Waals surface area contributed by atoms with E-state index in [1.54, 1.807) is 0 Å². The minimum atomic E-state index is -1.04. The molecule has 2 radical (unpaired) electrons. The highest BCUT2D eigenvalue weighted by atomic mass is 16.7. The topological polar surface area (TPSA) is 57.2 Å². The Kier molecular flexibility index (Phi) is 2.57. The van der Waals surface area contributed by atoms with Crippen molar-refractivity contribution in [1.29, 1.82) is 0 Å². The highest BCUT2D eigenvalue weighted by Gasteiger charge is 2.65. The number of ether oxygens (including phenoxy) is 4. The molecule has 0 aromatic rings. The SMILES string of the molecule is [B]C1OC2(COC)C(O)OC1C2OC. The third-order valence-electron chi connectivity index (χ3n) is 2.79. The van der Waals surface area contributed by atoms with E-state index in [2.05, 4.69) is 0 Å². The van der Waals surface area contributed by atoms with E-state index in [0.29, 0.717) is 0 Å². The molecule has 0 amide bonds. The first-order chi connectivity index (χ1) is 6.65. The predicted octanol–water partition coefficient (Wildman–Crippen LogP) is -1.37. The van der Waals surface area contributed by atoms with Gasteiger partial charge in [0.25, 0.3) is 0 Å². The van der Waals surface area contributed by atoms with Gasteiger partial charge in [0.15, 0.2) is 11.9 Å². The van der Waals surface area contributed by atoms with E-state index in [1.807, 2.05) is 0 Å². The van der Waals surface area contributed by atoms with E-state index in [1.165, 1.54) is 14.2 Å². The first-order valence-electron chi connectivity index (χ1n) is 4.44. The van der Waals surface area contributed by atoms with Crippen molar-refractivity contribution in [3.8, 4) is 0 Å². The summed E-state index contributed by atoms with van der Waals surface area (Å²) in [6.45, 7) is 0.191. The zero-order chi connectivity index (χ0) is 10.3. The van der Waals surface area contributed by atoms with Crippen LogP contribution < -0.4 is 0 Å². The minimum Gasteiger partial charge on any atom is -0.381 e. The Labute approximate surface area is 83.7 Å². The summed E-state index contributed by atoms with van der Waals surface area (Å²) >= 11 is 0. The first-order valence-corrected chi connectivity index (χ1v) is 4.44. The number of hydrogen-bond donors (Lipinski definition) is 1. The lowest BCUT2D eigenvalue weighted by molar-refractivity contribution is -0.255. The molecule has 0 spiro atoms. The third-order valence-corrected chi connectivity index (χ3v) is 2.79. The van der Waals surface area contributed by atoms with E-state index in [4.69, 9.17) is 26.8 Å². The molecular weight excluding hydrogens is 187 g/mol. The van der Waals surface area contributed by atoms with E-state index in [-0.39, 0.29) is 12.7 Å². The van der Waals surface area contributed by atoms with Crippen molar-refractivity contribution in [3.63, 3.8) is 0 Å². The predicted molar refractivity (Wildman–Crippen MR) is 46.9 cm³/mol. The molecule has 2 bridgehead atoms. The smallest absolute Gasteiger partial charge is 0.189 e. The number of rotatable bonds is 3. The van der Waals surface area contributed by atoms with Crippen LogP contribution in [0.5, 0.6) is 0 Å². The van der Waals surface area contributed by atoms with Gasteiger partial charge in [0, 0.05) is 20.2 Å². The first kappa shape index (κ1) is 10.4. The number of hydrogen-bond acceptors (Lipinski definition) is 5. The monoisotopic (exact) mass is 200 g/mol. The fourth-order valence-electron chi connectivity index (χ4n) is 2.20. The maximum atomic E-state index is 9.66. The van der Waals surface area contributed by atoms with Gasteiger partial charge in [-0.05, 0) is 0 Å². The summed E-state index contributed by atoms with van der Waals surface area (Å²) < 4.78 is 20.9. The molecule has 0 saturated carbocycles. The molecule has 2 aliphatic heterocycles. The van der Waals surface area contributed by atoms with E-state index < -0.39 is 24.0 Å². The molecule has 5 atom stereocenters. The standard InChI is InChI=1S/C8H13BO5/c1-11-3-8-5(12-2)4(6(9)14-8)13-7(8)10/h4-7,10H,3H2,1-2H3. The van der Waals surface area contributed by atoms with E-state index in [0.717, 1.165) is 0 Å². The molecule has 5 unspecified atom stereocenters. The van der Waals surface area contributed by atoms with Crippen molar-refractivity contribution in [1.82, 2.24) is 0 Å². The average molecular weight is 200 g/mol. The number of fused-ring (bicyclic) bond motifs is 2. The largest absolute Gasteiger partial charge is 0.381 e. The van der Waals surface area contributed by atoms with Crippen LogP contribution in [0.2, 0.25) is 0 Å². The molecule has 14 heavy (non-hydrogen) atoms. The second-order valence-electron chi connectivity index (χ2n) is 3.58. The zero-order valence-electron chi connectivity index (χ0n) is 8.17. The van der Waals surface area contributed by atoms with Gasteiger partial charge in [-0.2, -0.15) is 0 Å². The van der Waals surface area contributed by atoms with Crippen LogP contribution >= 0.6 is 0 Å². The highest BCUT2D eigenvalue weighted by Crippen LogP contribution is 2.44. The molecule has 78 valence electrons. The van der Waals surface area contributed by atoms with Gasteiger partial charge in [0.05, 0.1) is 6.61 Å². The van der Waals surface area contributed by atoms with Crippen molar-refractivity contribution in [3.05, 3.63) is 0 Å². The number of aliphatic hydroxyl groups is 1. The Hall–Kier alpha value is -0.135. The van der Waals surface area contributed by atoms with Gasteiger partial charge in [-0.15, -0.1) is 0 Å². The quantitative estimate of drug-likeness (QED) is 0.569. The van der Waals surface area contributed by atoms with Gasteiger partial charge in [-0.3, -0.25) is 0 Å². The zero-order valence-corrected chi connectivity index (χ0v) is 8.17. The van der Waals surface area contributed by atoms with Gasteiger partial charge < -0.3 is 24.1 Å². The van der Waals surface area contributed by atoms with Crippen LogP contribution in [0.3, 0.4) is 0 Å². The summed E-state index contributed by atoms with van der Waals surface area (Å²) in [5, 5.41) is 9.66. The molecule has 2 rings (SSSR count). The molecule has 2 saturated heterocycles. The Morgan fingerprint density at radius 3 is 2.79 bits per heavy atom. The van der Waals surface area contributed by atoms with Gasteiger partial charge in [-0.25, -0.2) is 0 Å². The lowest BCUT2D eigenvalue weighted by Gasteiger charge is -2.33. The van der Waals surface area contributed by atoms with Crippen LogP contribution in [-0.4, -0.2) is 63.9 Å². The normalized spacial score (nSPS) is 51.4. The number of methoxy groups -OCH3 is 2. The maximum Gasteiger partial charge on any atom is 0.189 e. The van der Waals surface area contributed by atoms with Crippen molar-refractivity contribution in [2.24, 2.45) is 0 Å². The van der Waals surface area contributed by atoms with Crippen LogP contribution in [0.25, 0.3) is 0 Å². The Morgan fingerprint density at radius 1 is 1.50 bits per heavy atom. The Bertz CT molecular complexity index is 226. The van der Waals surface area contributed by atoms with Crippen LogP contribution in [0, 0.1) is 0 Å². The van der Waals surface area contributed by atoms with Gasteiger partial charge in [0.2, 0.25) is 0 Å². The fourth-order valence-corrected chi connectivity index (χ4v) is 2.20. The fraction of sp³-hybridized carbons (Fsp3) is 1.00. The van der Waals surface area contributed by atoms with Crippen LogP contribution in [-0.2, 0) is 18.9 Å². The second kappa shape index (κ2) is 3.46. The lowest BCUT2D eigenvalue weighted by Crippen LogP contribution is -2.52. The van der Waals surface area contributed by atoms with Crippen molar-refractivity contribution in [2.45, 2.75) is 30.1 Å². The molecule has 0 aromatic carbocycles. The summed E-state index contributed by atoms with van der Waals surface area (Å²) in [4.78, 5) is 0. The van der Waals surface area contributed by atoms with Gasteiger partial charge >= 0.3 is 0 Å². The molecular formula is C8H13BO5. The molecule has 1 N–H and O–H groups in total. The summed E-state index contributed by atoms with van der Waals surface area (Å²) in [5.74, 6) is 0. The Morgan fingerprint density at radius 2 is 2.21 bits per heavy atom. The summed E-state index contributed by atoms with van der Waals surface area (Å²) in [6, 6.07) is -0.571. The molecule has 2 fully saturated rings. The third kappa shape index (κ3) is 1.15. The second-order valence-corrected chi connectivity index (χ2v) is 3.58. The van der Waals surface area contributed by atoms with Crippen molar-refractivity contribution in [2.75, 3.05) is 20.8 Å². The summed E-state index contributed by atoms with van der Waals surface area (Å²) in [7, 11) is 8.72. The maximum absolute atomic E-state index is 9.66. The number of aliphatic hydroxyl groups excluding tert-OH is 1. The summed E-state index contributed by atoms with van der Waals surface area (Å²) in [6.07, 6.45) is -1.85. The molecule has 2 aliphatic rings.